The van der Waals surface area contributed by atoms with E-state index in [1.165, 1.54) is 23.3 Å². The van der Waals surface area contributed by atoms with Crippen LogP contribution in [0.5, 0.6) is 0 Å². The SMILES string of the molecule is Fc1cccc(CNCCCCCI)c1Cl. The fourth-order valence-corrected chi connectivity index (χ4v) is 2.16. The molecule has 1 N–H and O–H groups in total. The average molecular weight is 356 g/mol. The summed E-state index contributed by atoms with van der Waals surface area (Å²) in [7, 11) is 0. The predicted octanol–water partition coefficient (Wildman–Crippen LogP) is 4.17. The first-order valence-corrected chi connectivity index (χ1v) is 7.35. The summed E-state index contributed by atoms with van der Waals surface area (Å²) in [6.07, 6.45) is 3.67. The summed E-state index contributed by atoms with van der Waals surface area (Å²) in [6, 6.07) is 4.92. The van der Waals surface area contributed by atoms with Gasteiger partial charge in [0, 0.05) is 6.54 Å². The van der Waals surface area contributed by atoms with Crippen LogP contribution in [-0.4, -0.2) is 11.0 Å². The maximum Gasteiger partial charge on any atom is 0.142 e. The lowest BCUT2D eigenvalue weighted by Crippen LogP contribution is -2.15. The molecule has 0 aliphatic carbocycles. The topological polar surface area (TPSA) is 12.0 Å². The number of rotatable bonds is 7. The quantitative estimate of drug-likeness (QED) is 0.440. The summed E-state index contributed by atoms with van der Waals surface area (Å²) in [5.41, 5.74) is 0.829. The average Bonchev–Trinajstić information content (AvgIpc) is 2.29. The van der Waals surface area contributed by atoms with Gasteiger partial charge in [0.25, 0.3) is 0 Å². The largest absolute Gasteiger partial charge is 0.313 e. The molecular weight excluding hydrogens is 339 g/mol. The molecule has 4 heteroatoms. The first-order valence-electron chi connectivity index (χ1n) is 5.45. The van der Waals surface area contributed by atoms with Gasteiger partial charge in [-0.1, -0.05) is 52.7 Å². The molecule has 0 aliphatic rings. The van der Waals surface area contributed by atoms with E-state index in [9.17, 15) is 4.39 Å². The van der Waals surface area contributed by atoms with Crippen molar-refractivity contribution >= 4 is 34.2 Å². The van der Waals surface area contributed by atoms with Gasteiger partial charge >= 0.3 is 0 Å². The van der Waals surface area contributed by atoms with Gasteiger partial charge in [-0.2, -0.15) is 0 Å². The highest BCUT2D eigenvalue weighted by Crippen LogP contribution is 2.19. The summed E-state index contributed by atoms with van der Waals surface area (Å²) < 4.78 is 14.3. The van der Waals surface area contributed by atoms with Crippen molar-refractivity contribution in [1.29, 1.82) is 0 Å². The second-order valence-electron chi connectivity index (χ2n) is 3.64. The first-order chi connectivity index (χ1) is 7.75. The van der Waals surface area contributed by atoms with Crippen LogP contribution in [0.2, 0.25) is 5.02 Å². The highest BCUT2D eigenvalue weighted by Gasteiger charge is 2.04. The van der Waals surface area contributed by atoms with E-state index in [1.807, 2.05) is 6.07 Å². The van der Waals surface area contributed by atoms with Crippen molar-refractivity contribution < 1.29 is 4.39 Å². The maximum atomic E-state index is 13.1. The zero-order chi connectivity index (χ0) is 11.8. The molecule has 90 valence electrons. The zero-order valence-electron chi connectivity index (χ0n) is 9.11. The number of alkyl halides is 1. The summed E-state index contributed by atoms with van der Waals surface area (Å²) in [5, 5.41) is 3.51. The van der Waals surface area contributed by atoms with Crippen molar-refractivity contribution in [2.24, 2.45) is 0 Å². The van der Waals surface area contributed by atoms with Gasteiger partial charge < -0.3 is 5.32 Å². The maximum absolute atomic E-state index is 13.1. The molecule has 0 amide bonds. The Hall–Kier alpha value is 0.130. The van der Waals surface area contributed by atoms with Crippen LogP contribution in [0.15, 0.2) is 18.2 Å². The van der Waals surface area contributed by atoms with E-state index in [1.54, 1.807) is 6.07 Å². The Balaban J connectivity index is 2.24. The molecule has 1 nitrogen and oxygen atoms in total. The van der Waals surface area contributed by atoms with Gasteiger partial charge in [-0.3, -0.25) is 0 Å². The van der Waals surface area contributed by atoms with Crippen molar-refractivity contribution in [2.45, 2.75) is 25.8 Å². The third-order valence-electron chi connectivity index (χ3n) is 2.33. The van der Waals surface area contributed by atoms with Crippen molar-refractivity contribution in [3.05, 3.63) is 34.6 Å². The lowest BCUT2D eigenvalue weighted by atomic mass is 10.2. The number of benzene rings is 1. The molecular formula is C12H16ClFIN. The van der Waals surface area contributed by atoms with Gasteiger partial charge in [0.2, 0.25) is 0 Å². The molecule has 0 fully saturated rings. The minimum Gasteiger partial charge on any atom is -0.313 e. The fraction of sp³-hybridized carbons (Fsp3) is 0.500. The van der Waals surface area contributed by atoms with Crippen LogP contribution in [0, 0.1) is 5.82 Å². The zero-order valence-corrected chi connectivity index (χ0v) is 12.0. The molecule has 0 bridgehead atoms. The molecule has 1 aromatic rings. The molecule has 16 heavy (non-hydrogen) atoms. The standard InChI is InChI=1S/C12H16ClFIN/c13-12-10(5-4-6-11(12)14)9-16-8-3-1-2-7-15/h4-6,16H,1-3,7-9H2. The third kappa shape index (κ3) is 4.97. The van der Waals surface area contributed by atoms with E-state index in [2.05, 4.69) is 27.9 Å². The monoisotopic (exact) mass is 355 g/mol. The van der Waals surface area contributed by atoms with Crippen LogP contribution in [-0.2, 0) is 6.54 Å². The van der Waals surface area contributed by atoms with Crippen LogP contribution in [0.4, 0.5) is 4.39 Å². The number of unbranched alkanes of at least 4 members (excludes halogenated alkanes) is 2. The lowest BCUT2D eigenvalue weighted by Gasteiger charge is -2.06. The summed E-state index contributed by atoms with van der Waals surface area (Å²) >= 11 is 8.23. The van der Waals surface area contributed by atoms with Crippen molar-refractivity contribution in [2.75, 3.05) is 11.0 Å². The minimum atomic E-state index is -0.342. The Morgan fingerprint density at radius 3 is 2.81 bits per heavy atom. The highest BCUT2D eigenvalue weighted by atomic mass is 127. The second kappa shape index (κ2) is 8.25. The Morgan fingerprint density at radius 1 is 1.25 bits per heavy atom. The number of hydrogen-bond acceptors (Lipinski definition) is 1. The molecule has 1 rings (SSSR count). The van der Waals surface area contributed by atoms with E-state index in [-0.39, 0.29) is 10.8 Å². The van der Waals surface area contributed by atoms with Crippen molar-refractivity contribution in [1.82, 2.24) is 5.32 Å². The Labute approximate surface area is 115 Å². The van der Waals surface area contributed by atoms with Gasteiger partial charge in [-0.15, -0.1) is 0 Å². The van der Waals surface area contributed by atoms with Gasteiger partial charge in [-0.25, -0.2) is 4.39 Å². The van der Waals surface area contributed by atoms with Crippen LogP contribution in [0.1, 0.15) is 24.8 Å². The molecule has 0 saturated heterocycles. The normalized spacial score (nSPS) is 10.7. The van der Waals surface area contributed by atoms with Crippen LogP contribution in [0.3, 0.4) is 0 Å². The van der Waals surface area contributed by atoms with Crippen LogP contribution < -0.4 is 5.32 Å². The third-order valence-corrected chi connectivity index (χ3v) is 3.52. The Morgan fingerprint density at radius 2 is 2.06 bits per heavy atom. The molecule has 0 spiro atoms. The molecule has 0 aliphatic heterocycles. The van der Waals surface area contributed by atoms with Gasteiger partial charge in [0.1, 0.15) is 5.82 Å². The number of nitrogens with one attached hydrogen (secondary N) is 1. The van der Waals surface area contributed by atoms with E-state index < -0.39 is 0 Å². The summed E-state index contributed by atoms with van der Waals surface area (Å²) in [5.74, 6) is -0.342. The van der Waals surface area contributed by atoms with E-state index in [0.717, 1.165) is 18.5 Å². The van der Waals surface area contributed by atoms with E-state index in [4.69, 9.17) is 11.6 Å². The van der Waals surface area contributed by atoms with Crippen molar-refractivity contribution in [3.8, 4) is 0 Å². The molecule has 1 aromatic carbocycles. The fourth-order valence-electron chi connectivity index (χ4n) is 1.43. The van der Waals surface area contributed by atoms with Crippen LogP contribution in [0.25, 0.3) is 0 Å². The van der Waals surface area contributed by atoms with Crippen molar-refractivity contribution in [3.63, 3.8) is 0 Å². The van der Waals surface area contributed by atoms with Gasteiger partial charge in [-0.05, 0) is 35.4 Å². The smallest absolute Gasteiger partial charge is 0.142 e. The lowest BCUT2D eigenvalue weighted by molar-refractivity contribution is 0.607. The van der Waals surface area contributed by atoms with Crippen LogP contribution >= 0.6 is 34.2 Å². The molecule has 0 heterocycles. The minimum absolute atomic E-state index is 0.238. The molecule has 0 unspecified atom stereocenters. The first kappa shape index (κ1) is 14.2. The summed E-state index contributed by atoms with van der Waals surface area (Å²) in [4.78, 5) is 0. The molecule has 0 saturated carbocycles. The van der Waals surface area contributed by atoms with Gasteiger partial charge in [0.05, 0.1) is 5.02 Å². The summed E-state index contributed by atoms with van der Waals surface area (Å²) in [6.45, 7) is 1.60. The predicted molar refractivity (Wildman–Crippen MR) is 75.9 cm³/mol. The van der Waals surface area contributed by atoms with E-state index in [0.29, 0.717) is 6.54 Å². The number of halogens is 3. The molecule has 0 atom stereocenters. The van der Waals surface area contributed by atoms with Gasteiger partial charge in [0.15, 0.2) is 0 Å². The Kier molecular flexibility index (Phi) is 7.32. The highest BCUT2D eigenvalue weighted by molar-refractivity contribution is 14.1. The second-order valence-corrected chi connectivity index (χ2v) is 5.10. The number of hydrogen-bond donors (Lipinski definition) is 1. The molecule has 0 radical (unpaired) electrons. The van der Waals surface area contributed by atoms with E-state index >= 15 is 0 Å². The molecule has 0 aromatic heterocycles. The Bertz CT molecular complexity index is 320.